The van der Waals surface area contributed by atoms with Gasteiger partial charge in [0, 0.05) is 5.56 Å². The number of hydrogen-bond donors (Lipinski definition) is 2. The van der Waals surface area contributed by atoms with E-state index in [1.54, 1.807) is 12.1 Å². The topological polar surface area (TPSA) is 53.8 Å². The highest BCUT2D eigenvalue weighted by Gasteiger charge is 2.09. The van der Waals surface area contributed by atoms with E-state index in [-0.39, 0.29) is 10.8 Å². The standard InChI is InChI=1S/C14H13ClN2O2/c1-19-12-8-7-10(14(18)13(12)15)9-16-17-11-5-3-2-4-6-11/h2-9,17-18H,1H3. The quantitative estimate of drug-likeness (QED) is 0.664. The molecular formula is C14H13ClN2O2. The summed E-state index contributed by atoms with van der Waals surface area (Å²) in [4.78, 5) is 0. The Morgan fingerprint density at radius 3 is 2.63 bits per heavy atom. The number of methoxy groups -OCH3 is 1. The Morgan fingerprint density at radius 2 is 1.95 bits per heavy atom. The van der Waals surface area contributed by atoms with E-state index in [0.29, 0.717) is 11.3 Å². The SMILES string of the molecule is COc1ccc(C=NNc2ccccc2)c(O)c1Cl. The van der Waals surface area contributed by atoms with Crippen molar-refractivity contribution in [3.8, 4) is 11.5 Å². The Bertz CT molecular complexity index is 585. The Balaban J connectivity index is 2.13. The fraction of sp³-hybridized carbons (Fsp3) is 0.0714. The normalized spacial score (nSPS) is 10.6. The lowest BCUT2D eigenvalue weighted by Crippen LogP contribution is -1.92. The lowest BCUT2D eigenvalue weighted by Gasteiger charge is -2.06. The Morgan fingerprint density at radius 1 is 1.21 bits per heavy atom. The van der Waals surface area contributed by atoms with Crippen LogP contribution in [0.2, 0.25) is 5.02 Å². The molecule has 19 heavy (non-hydrogen) atoms. The van der Waals surface area contributed by atoms with Gasteiger partial charge < -0.3 is 9.84 Å². The van der Waals surface area contributed by atoms with Gasteiger partial charge in [-0.1, -0.05) is 29.8 Å². The summed E-state index contributed by atoms with van der Waals surface area (Å²) in [6, 6.07) is 12.8. The van der Waals surface area contributed by atoms with Crippen LogP contribution < -0.4 is 10.2 Å². The molecule has 0 aliphatic carbocycles. The summed E-state index contributed by atoms with van der Waals surface area (Å²) in [5.41, 5.74) is 4.22. The van der Waals surface area contributed by atoms with Crippen LogP contribution in [0.5, 0.6) is 11.5 Å². The molecule has 0 saturated heterocycles. The minimum absolute atomic E-state index is 0.0559. The molecule has 0 aromatic heterocycles. The van der Waals surface area contributed by atoms with E-state index in [9.17, 15) is 5.11 Å². The minimum atomic E-state index is -0.0559. The zero-order chi connectivity index (χ0) is 13.7. The number of phenols is 1. The molecule has 0 unspecified atom stereocenters. The molecule has 0 fully saturated rings. The lowest BCUT2D eigenvalue weighted by molar-refractivity contribution is 0.408. The molecule has 0 aliphatic heterocycles. The summed E-state index contributed by atoms with van der Waals surface area (Å²) >= 11 is 5.94. The number of phenolic OH excluding ortho intramolecular Hbond substituents is 1. The molecule has 0 saturated carbocycles. The van der Waals surface area contributed by atoms with Crippen LogP contribution in [-0.4, -0.2) is 18.4 Å². The summed E-state index contributed by atoms with van der Waals surface area (Å²) in [5, 5.41) is 14.1. The van der Waals surface area contributed by atoms with Crippen molar-refractivity contribution in [2.75, 3.05) is 12.5 Å². The second-order valence-corrected chi connectivity index (χ2v) is 4.13. The molecule has 0 heterocycles. The van der Waals surface area contributed by atoms with Gasteiger partial charge in [-0.15, -0.1) is 0 Å². The monoisotopic (exact) mass is 276 g/mol. The summed E-state index contributed by atoms with van der Waals surface area (Å²) in [7, 11) is 1.49. The van der Waals surface area contributed by atoms with Gasteiger partial charge in [0.15, 0.2) is 0 Å². The summed E-state index contributed by atoms with van der Waals surface area (Å²) in [5.74, 6) is 0.368. The lowest BCUT2D eigenvalue weighted by atomic mass is 10.2. The molecule has 98 valence electrons. The van der Waals surface area contributed by atoms with Gasteiger partial charge >= 0.3 is 0 Å². The molecular weight excluding hydrogens is 264 g/mol. The number of hydrogen-bond acceptors (Lipinski definition) is 4. The minimum Gasteiger partial charge on any atom is -0.506 e. The maximum absolute atomic E-state index is 9.88. The molecule has 0 aliphatic rings. The maximum atomic E-state index is 9.88. The number of halogens is 1. The van der Waals surface area contributed by atoms with Gasteiger partial charge in [-0.05, 0) is 24.3 Å². The van der Waals surface area contributed by atoms with Gasteiger partial charge in [0.2, 0.25) is 0 Å². The fourth-order valence-corrected chi connectivity index (χ4v) is 1.76. The van der Waals surface area contributed by atoms with Crippen LogP contribution in [0.1, 0.15) is 5.56 Å². The van der Waals surface area contributed by atoms with E-state index < -0.39 is 0 Å². The number of nitrogens with one attached hydrogen (secondary N) is 1. The van der Waals surface area contributed by atoms with Gasteiger partial charge in [-0.3, -0.25) is 5.43 Å². The molecule has 2 aromatic carbocycles. The third-order valence-electron chi connectivity index (χ3n) is 2.50. The number of aromatic hydroxyl groups is 1. The molecule has 2 rings (SSSR count). The van der Waals surface area contributed by atoms with E-state index in [0.717, 1.165) is 5.69 Å². The summed E-state index contributed by atoms with van der Waals surface area (Å²) < 4.78 is 5.00. The maximum Gasteiger partial charge on any atom is 0.146 e. The van der Waals surface area contributed by atoms with Crippen LogP contribution in [0.25, 0.3) is 0 Å². The van der Waals surface area contributed by atoms with Crippen LogP contribution in [0, 0.1) is 0 Å². The van der Waals surface area contributed by atoms with Crippen molar-refractivity contribution in [1.82, 2.24) is 0 Å². The number of anilines is 1. The molecule has 0 bridgehead atoms. The van der Waals surface area contributed by atoms with Crippen molar-refractivity contribution < 1.29 is 9.84 Å². The highest BCUT2D eigenvalue weighted by molar-refractivity contribution is 6.34. The van der Waals surface area contributed by atoms with Crippen LogP contribution in [0.3, 0.4) is 0 Å². The highest BCUT2D eigenvalue weighted by Crippen LogP contribution is 2.35. The van der Waals surface area contributed by atoms with Crippen LogP contribution in [0.15, 0.2) is 47.6 Å². The van der Waals surface area contributed by atoms with Gasteiger partial charge in [0.05, 0.1) is 19.0 Å². The zero-order valence-electron chi connectivity index (χ0n) is 10.3. The van der Waals surface area contributed by atoms with Gasteiger partial charge in [-0.25, -0.2) is 0 Å². The number of nitrogens with zero attached hydrogens (tertiary/aromatic N) is 1. The molecule has 0 spiro atoms. The Hall–Kier alpha value is -2.20. The Labute approximate surface area is 116 Å². The zero-order valence-corrected chi connectivity index (χ0v) is 11.1. The van der Waals surface area contributed by atoms with Crippen molar-refractivity contribution in [1.29, 1.82) is 0 Å². The highest BCUT2D eigenvalue weighted by atomic mass is 35.5. The van der Waals surface area contributed by atoms with Gasteiger partial charge in [0.1, 0.15) is 16.5 Å². The predicted octanol–water partition coefficient (Wildman–Crippen LogP) is 3.50. The van der Waals surface area contributed by atoms with Crippen LogP contribution in [-0.2, 0) is 0 Å². The van der Waals surface area contributed by atoms with E-state index in [1.807, 2.05) is 30.3 Å². The third-order valence-corrected chi connectivity index (χ3v) is 2.87. The number of ether oxygens (including phenoxy) is 1. The average Bonchev–Trinajstić information content (AvgIpc) is 2.45. The van der Waals surface area contributed by atoms with Gasteiger partial charge in [-0.2, -0.15) is 5.10 Å². The number of hydrazone groups is 1. The first kappa shape index (κ1) is 13.2. The first-order chi connectivity index (χ1) is 9.22. The van der Waals surface area contributed by atoms with Crippen LogP contribution in [0.4, 0.5) is 5.69 Å². The Kier molecular flexibility index (Phi) is 4.26. The van der Waals surface area contributed by atoms with E-state index in [1.165, 1.54) is 13.3 Å². The number of rotatable bonds is 4. The molecule has 0 amide bonds. The van der Waals surface area contributed by atoms with Crippen molar-refractivity contribution in [3.63, 3.8) is 0 Å². The van der Waals surface area contributed by atoms with Crippen molar-refractivity contribution >= 4 is 23.5 Å². The van der Waals surface area contributed by atoms with Gasteiger partial charge in [0.25, 0.3) is 0 Å². The number of para-hydroxylation sites is 1. The molecule has 0 radical (unpaired) electrons. The first-order valence-corrected chi connectivity index (χ1v) is 5.99. The molecule has 2 aromatic rings. The first-order valence-electron chi connectivity index (χ1n) is 5.62. The second kappa shape index (κ2) is 6.11. The fourth-order valence-electron chi connectivity index (χ4n) is 1.51. The van der Waals surface area contributed by atoms with Crippen LogP contribution >= 0.6 is 11.6 Å². The molecule has 2 N–H and O–H groups in total. The number of benzene rings is 2. The van der Waals surface area contributed by atoms with Crippen molar-refractivity contribution in [2.45, 2.75) is 0 Å². The molecule has 5 heteroatoms. The second-order valence-electron chi connectivity index (χ2n) is 3.76. The predicted molar refractivity (Wildman–Crippen MR) is 77.3 cm³/mol. The average molecular weight is 277 g/mol. The third kappa shape index (κ3) is 3.17. The van der Waals surface area contributed by atoms with E-state index in [2.05, 4.69) is 10.5 Å². The molecule has 4 nitrogen and oxygen atoms in total. The molecule has 0 atom stereocenters. The van der Waals surface area contributed by atoms with Crippen molar-refractivity contribution in [3.05, 3.63) is 53.1 Å². The smallest absolute Gasteiger partial charge is 0.146 e. The van der Waals surface area contributed by atoms with E-state index in [4.69, 9.17) is 16.3 Å². The van der Waals surface area contributed by atoms with Crippen molar-refractivity contribution in [2.24, 2.45) is 5.10 Å². The van der Waals surface area contributed by atoms with E-state index >= 15 is 0 Å². The summed E-state index contributed by atoms with van der Waals surface area (Å²) in [6.45, 7) is 0. The largest absolute Gasteiger partial charge is 0.506 e. The summed E-state index contributed by atoms with van der Waals surface area (Å²) in [6.07, 6.45) is 1.49.